The number of hydrogen-bond donors (Lipinski definition) is 2. The number of hydrazone groups is 1. The number of nitrogens with zero attached hydrogens (tertiary/aromatic N) is 2. The van der Waals surface area contributed by atoms with Gasteiger partial charge in [0.15, 0.2) is 5.03 Å². The Morgan fingerprint density at radius 3 is 3.13 bits per heavy atom. The monoisotopic (exact) mass is 218 g/mol. The molecule has 0 aromatic carbocycles. The predicted molar refractivity (Wildman–Crippen MR) is 51.5 cm³/mol. The molecular weight excluding hydrogens is 204 g/mol. The fourth-order valence-corrected chi connectivity index (χ4v) is 1.26. The van der Waals surface area contributed by atoms with Crippen LogP contribution in [-0.2, 0) is 9.57 Å². The first kappa shape index (κ1) is 11.7. The van der Waals surface area contributed by atoms with Crippen molar-refractivity contribution in [1.29, 1.82) is 0 Å². The summed E-state index contributed by atoms with van der Waals surface area (Å²) in [6.45, 7) is 1.99. The SMILES string of the molecule is CONC(=N[N+](=O)[O-])NCC1CCOC1. The molecule has 1 rings (SSSR count). The van der Waals surface area contributed by atoms with Crippen LogP contribution in [0.3, 0.4) is 0 Å². The van der Waals surface area contributed by atoms with E-state index in [2.05, 4.69) is 20.7 Å². The Morgan fingerprint density at radius 1 is 1.80 bits per heavy atom. The summed E-state index contributed by atoms with van der Waals surface area (Å²) in [5.41, 5.74) is 2.29. The minimum absolute atomic E-state index is 0.00519. The molecule has 0 radical (unpaired) electrons. The topological polar surface area (TPSA) is 98.0 Å². The summed E-state index contributed by atoms with van der Waals surface area (Å²) in [5.74, 6) is 0.356. The molecule has 0 bridgehead atoms. The quantitative estimate of drug-likeness (QED) is 0.280. The van der Waals surface area contributed by atoms with Gasteiger partial charge in [-0.05, 0) is 6.42 Å². The molecule has 1 aliphatic heterocycles. The number of hydroxylamine groups is 1. The van der Waals surface area contributed by atoms with Gasteiger partial charge in [0, 0.05) is 19.1 Å². The van der Waals surface area contributed by atoms with Gasteiger partial charge >= 0.3 is 0 Å². The van der Waals surface area contributed by atoms with Gasteiger partial charge in [-0.1, -0.05) is 0 Å². The summed E-state index contributed by atoms with van der Waals surface area (Å²) in [7, 11) is 1.36. The van der Waals surface area contributed by atoms with Gasteiger partial charge in [0.05, 0.1) is 13.7 Å². The second kappa shape index (κ2) is 6.14. The first-order valence-corrected chi connectivity index (χ1v) is 4.56. The van der Waals surface area contributed by atoms with E-state index in [0.29, 0.717) is 19.1 Å². The van der Waals surface area contributed by atoms with Crippen LogP contribution < -0.4 is 10.8 Å². The van der Waals surface area contributed by atoms with Crippen molar-refractivity contribution in [3.8, 4) is 0 Å². The second-order valence-electron chi connectivity index (χ2n) is 3.10. The maximum absolute atomic E-state index is 10.1. The zero-order valence-corrected chi connectivity index (χ0v) is 8.43. The average molecular weight is 218 g/mol. The summed E-state index contributed by atoms with van der Waals surface area (Å²) < 4.78 is 5.17. The van der Waals surface area contributed by atoms with Crippen LogP contribution in [0.1, 0.15) is 6.42 Å². The van der Waals surface area contributed by atoms with Crippen molar-refractivity contribution in [3.05, 3.63) is 10.1 Å². The molecule has 0 saturated carbocycles. The molecule has 8 heteroatoms. The van der Waals surface area contributed by atoms with Gasteiger partial charge < -0.3 is 10.1 Å². The molecule has 86 valence electrons. The number of ether oxygens (including phenoxy) is 1. The van der Waals surface area contributed by atoms with Crippen LogP contribution in [0.15, 0.2) is 5.10 Å². The van der Waals surface area contributed by atoms with E-state index in [1.165, 1.54) is 7.11 Å². The van der Waals surface area contributed by atoms with Crippen molar-refractivity contribution < 1.29 is 14.6 Å². The molecule has 1 saturated heterocycles. The zero-order chi connectivity index (χ0) is 11.1. The Hall–Kier alpha value is -1.41. The van der Waals surface area contributed by atoms with Gasteiger partial charge in [-0.2, -0.15) is 0 Å². The third-order valence-electron chi connectivity index (χ3n) is 1.96. The molecule has 0 aliphatic carbocycles. The van der Waals surface area contributed by atoms with Crippen molar-refractivity contribution >= 4 is 5.96 Å². The molecular formula is C7H14N4O4. The number of nitro groups is 1. The highest BCUT2D eigenvalue weighted by atomic mass is 16.7. The summed E-state index contributed by atoms with van der Waals surface area (Å²) in [4.78, 5) is 14.7. The van der Waals surface area contributed by atoms with E-state index < -0.39 is 5.03 Å². The van der Waals surface area contributed by atoms with Crippen LogP contribution in [-0.4, -0.2) is 37.9 Å². The summed E-state index contributed by atoms with van der Waals surface area (Å²) in [5, 5.41) is 15.2. The van der Waals surface area contributed by atoms with Gasteiger partial charge in [0.2, 0.25) is 0 Å². The van der Waals surface area contributed by atoms with Crippen molar-refractivity contribution in [1.82, 2.24) is 10.8 Å². The molecule has 0 amide bonds. The van der Waals surface area contributed by atoms with Gasteiger partial charge in [0.25, 0.3) is 5.96 Å². The van der Waals surface area contributed by atoms with Gasteiger partial charge in [-0.25, -0.2) is 15.6 Å². The molecule has 0 spiro atoms. The van der Waals surface area contributed by atoms with E-state index in [1.54, 1.807) is 0 Å². The number of nitrogens with one attached hydrogen (secondary N) is 2. The summed E-state index contributed by atoms with van der Waals surface area (Å²) in [6.07, 6.45) is 0.950. The Balaban J connectivity index is 2.33. The molecule has 15 heavy (non-hydrogen) atoms. The van der Waals surface area contributed by atoms with Crippen molar-refractivity contribution in [2.24, 2.45) is 11.0 Å². The van der Waals surface area contributed by atoms with Crippen LogP contribution in [0, 0.1) is 16.0 Å². The molecule has 0 aromatic rings. The highest BCUT2D eigenvalue weighted by Gasteiger charge is 2.16. The van der Waals surface area contributed by atoms with Gasteiger partial charge in [-0.3, -0.25) is 4.84 Å². The summed E-state index contributed by atoms with van der Waals surface area (Å²) in [6, 6.07) is 0. The van der Waals surface area contributed by atoms with E-state index in [9.17, 15) is 10.1 Å². The predicted octanol–water partition coefficient (Wildman–Crippen LogP) is -0.689. The highest BCUT2D eigenvalue weighted by Crippen LogP contribution is 2.10. The lowest BCUT2D eigenvalue weighted by Gasteiger charge is -2.10. The summed E-state index contributed by atoms with van der Waals surface area (Å²) >= 11 is 0. The maximum atomic E-state index is 10.1. The molecule has 1 atom stereocenters. The lowest BCUT2D eigenvalue weighted by atomic mass is 10.1. The fourth-order valence-electron chi connectivity index (χ4n) is 1.26. The Bertz CT molecular complexity index is 239. The molecule has 0 aromatic heterocycles. The molecule has 8 nitrogen and oxygen atoms in total. The first-order valence-electron chi connectivity index (χ1n) is 4.56. The number of guanidine groups is 1. The molecule has 1 fully saturated rings. The van der Waals surface area contributed by atoms with E-state index in [1.807, 2.05) is 0 Å². The molecule has 1 heterocycles. The number of hydrogen-bond acceptors (Lipinski definition) is 4. The van der Waals surface area contributed by atoms with E-state index in [4.69, 9.17) is 4.74 Å². The Labute approximate surface area is 86.7 Å². The van der Waals surface area contributed by atoms with Crippen LogP contribution in [0.5, 0.6) is 0 Å². The van der Waals surface area contributed by atoms with Gasteiger partial charge in [-0.15, -0.1) is 0 Å². The lowest BCUT2D eigenvalue weighted by molar-refractivity contribution is -0.485. The standard InChI is InChI=1S/C7H14N4O4/c1-14-10-7(9-11(12)13)8-4-6-2-3-15-5-6/h6H,2-5H2,1H3,(H2,8,9,10). The smallest absolute Gasteiger partial charge is 0.292 e. The maximum Gasteiger partial charge on any atom is 0.292 e. The largest absolute Gasteiger partial charge is 0.381 e. The van der Waals surface area contributed by atoms with Crippen molar-refractivity contribution in [2.45, 2.75) is 6.42 Å². The Kier molecular flexibility index (Phi) is 4.78. The first-order chi connectivity index (χ1) is 7.22. The minimum Gasteiger partial charge on any atom is -0.381 e. The normalized spacial score (nSPS) is 21.4. The minimum atomic E-state index is -0.792. The van der Waals surface area contributed by atoms with E-state index in [0.717, 1.165) is 13.0 Å². The van der Waals surface area contributed by atoms with E-state index >= 15 is 0 Å². The highest BCUT2D eigenvalue weighted by molar-refractivity contribution is 5.77. The zero-order valence-electron chi connectivity index (χ0n) is 8.43. The average Bonchev–Trinajstić information content (AvgIpc) is 2.66. The fraction of sp³-hybridized carbons (Fsp3) is 0.857. The van der Waals surface area contributed by atoms with Crippen molar-refractivity contribution in [2.75, 3.05) is 26.9 Å². The van der Waals surface area contributed by atoms with Crippen LogP contribution in [0.25, 0.3) is 0 Å². The lowest BCUT2D eigenvalue weighted by Crippen LogP contribution is -2.40. The van der Waals surface area contributed by atoms with Crippen LogP contribution in [0.2, 0.25) is 0 Å². The third-order valence-corrected chi connectivity index (χ3v) is 1.96. The van der Waals surface area contributed by atoms with Crippen molar-refractivity contribution in [3.63, 3.8) is 0 Å². The second-order valence-corrected chi connectivity index (χ2v) is 3.10. The number of rotatable bonds is 4. The molecule has 2 N–H and O–H groups in total. The molecule has 1 aliphatic rings. The van der Waals surface area contributed by atoms with E-state index in [-0.39, 0.29) is 5.96 Å². The Morgan fingerprint density at radius 2 is 2.60 bits per heavy atom. The molecule has 1 unspecified atom stereocenters. The van der Waals surface area contributed by atoms with Crippen LogP contribution in [0.4, 0.5) is 0 Å². The van der Waals surface area contributed by atoms with Crippen LogP contribution >= 0.6 is 0 Å². The third kappa shape index (κ3) is 4.56. The van der Waals surface area contributed by atoms with Gasteiger partial charge in [0.1, 0.15) is 5.10 Å².